The van der Waals surface area contributed by atoms with E-state index in [9.17, 15) is 4.39 Å². The van der Waals surface area contributed by atoms with E-state index in [-0.39, 0.29) is 11.9 Å². The van der Waals surface area contributed by atoms with Crippen LogP contribution in [0.3, 0.4) is 0 Å². The number of para-hydroxylation sites is 1. The third-order valence-corrected chi connectivity index (χ3v) is 2.88. The van der Waals surface area contributed by atoms with E-state index >= 15 is 0 Å². The summed E-state index contributed by atoms with van der Waals surface area (Å²) < 4.78 is 19.1. The summed E-state index contributed by atoms with van der Waals surface area (Å²) in [6, 6.07) is 12.3. The second-order valence-corrected chi connectivity index (χ2v) is 4.80. The lowest BCUT2D eigenvalue weighted by Gasteiger charge is -2.14. The second kappa shape index (κ2) is 5.85. The molecular formula is C16H18FNO. The van der Waals surface area contributed by atoms with Crippen LogP contribution in [0.5, 0.6) is 11.5 Å². The van der Waals surface area contributed by atoms with Gasteiger partial charge in [0.25, 0.3) is 0 Å². The van der Waals surface area contributed by atoms with Crippen molar-refractivity contribution in [3.05, 3.63) is 59.4 Å². The summed E-state index contributed by atoms with van der Waals surface area (Å²) in [5.41, 5.74) is 7.75. The molecule has 2 aromatic carbocycles. The number of ether oxygens (including phenoxy) is 1. The van der Waals surface area contributed by atoms with Gasteiger partial charge in [-0.3, -0.25) is 0 Å². The second-order valence-electron chi connectivity index (χ2n) is 4.80. The van der Waals surface area contributed by atoms with E-state index in [1.165, 1.54) is 12.1 Å². The molecule has 0 amide bonds. The van der Waals surface area contributed by atoms with Crippen LogP contribution in [0, 0.1) is 12.7 Å². The minimum Gasteiger partial charge on any atom is -0.457 e. The number of rotatable bonds is 4. The van der Waals surface area contributed by atoms with Crippen LogP contribution in [-0.4, -0.2) is 6.04 Å². The molecule has 0 aromatic heterocycles. The number of hydrogen-bond acceptors (Lipinski definition) is 2. The fourth-order valence-electron chi connectivity index (χ4n) is 1.92. The molecule has 0 radical (unpaired) electrons. The predicted molar refractivity (Wildman–Crippen MR) is 75.0 cm³/mol. The van der Waals surface area contributed by atoms with E-state index in [2.05, 4.69) is 0 Å². The first kappa shape index (κ1) is 13.6. The first-order chi connectivity index (χ1) is 9.06. The van der Waals surface area contributed by atoms with E-state index in [4.69, 9.17) is 10.5 Å². The van der Waals surface area contributed by atoms with Gasteiger partial charge in [-0.15, -0.1) is 0 Å². The summed E-state index contributed by atoms with van der Waals surface area (Å²) >= 11 is 0. The van der Waals surface area contributed by atoms with Gasteiger partial charge in [0.05, 0.1) is 0 Å². The Morgan fingerprint density at radius 1 is 1.16 bits per heavy atom. The van der Waals surface area contributed by atoms with Gasteiger partial charge in [-0.2, -0.15) is 0 Å². The monoisotopic (exact) mass is 259 g/mol. The zero-order valence-corrected chi connectivity index (χ0v) is 11.2. The molecule has 19 heavy (non-hydrogen) atoms. The highest BCUT2D eigenvalue weighted by Gasteiger charge is 2.08. The Morgan fingerprint density at radius 3 is 2.63 bits per heavy atom. The Kier molecular flexibility index (Phi) is 4.17. The van der Waals surface area contributed by atoms with Crippen LogP contribution < -0.4 is 10.5 Å². The van der Waals surface area contributed by atoms with Crippen LogP contribution in [0.15, 0.2) is 42.5 Å². The van der Waals surface area contributed by atoms with Crippen LogP contribution in [0.4, 0.5) is 4.39 Å². The van der Waals surface area contributed by atoms with Gasteiger partial charge in [-0.25, -0.2) is 4.39 Å². The van der Waals surface area contributed by atoms with Crippen molar-refractivity contribution in [3.63, 3.8) is 0 Å². The first-order valence-corrected chi connectivity index (χ1v) is 6.34. The van der Waals surface area contributed by atoms with E-state index in [0.717, 1.165) is 23.3 Å². The fraction of sp³-hybridized carbons (Fsp3) is 0.250. The molecule has 1 atom stereocenters. The summed E-state index contributed by atoms with van der Waals surface area (Å²) in [5, 5.41) is 0. The molecule has 0 fully saturated rings. The molecule has 0 spiro atoms. The van der Waals surface area contributed by atoms with Gasteiger partial charge < -0.3 is 10.5 Å². The Morgan fingerprint density at radius 2 is 1.89 bits per heavy atom. The molecule has 1 unspecified atom stereocenters. The molecule has 3 heteroatoms. The quantitative estimate of drug-likeness (QED) is 0.906. The number of hydrogen-bond donors (Lipinski definition) is 1. The molecule has 0 aliphatic heterocycles. The van der Waals surface area contributed by atoms with Crippen LogP contribution in [0.1, 0.15) is 18.1 Å². The van der Waals surface area contributed by atoms with E-state index in [1.807, 2.05) is 38.1 Å². The first-order valence-electron chi connectivity index (χ1n) is 6.34. The molecule has 2 N–H and O–H groups in total. The SMILES string of the molecule is Cc1ccc(F)cc1Oc1ccccc1CC(C)N. The highest BCUT2D eigenvalue weighted by Crippen LogP contribution is 2.29. The van der Waals surface area contributed by atoms with E-state index < -0.39 is 0 Å². The average molecular weight is 259 g/mol. The molecule has 100 valence electrons. The van der Waals surface area contributed by atoms with Gasteiger partial charge in [0.1, 0.15) is 17.3 Å². The highest BCUT2D eigenvalue weighted by molar-refractivity contribution is 5.41. The third kappa shape index (κ3) is 3.55. The van der Waals surface area contributed by atoms with Gasteiger partial charge in [0.15, 0.2) is 0 Å². The van der Waals surface area contributed by atoms with Gasteiger partial charge in [-0.1, -0.05) is 24.3 Å². The summed E-state index contributed by atoms with van der Waals surface area (Å²) in [6.45, 7) is 3.84. The van der Waals surface area contributed by atoms with Crippen LogP contribution in [-0.2, 0) is 6.42 Å². The number of halogens is 1. The molecule has 0 heterocycles. The normalized spacial score (nSPS) is 12.2. The molecule has 0 bridgehead atoms. The molecule has 0 aliphatic rings. The zero-order chi connectivity index (χ0) is 13.8. The molecule has 0 saturated carbocycles. The number of aryl methyl sites for hydroxylation is 1. The fourth-order valence-corrected chi connectivity index (χ4v) is 1.92. The van der Waals surface area contributed by atoms with Gasteiger partial charge in [0.2, 0.25) is 0 Å². The molecule has 2 rings (SSSR count). The molecular weight excluding hydrogens is 241 g/mol. The van der Waals surface area contributed by atoms with E-state index in [0.29, 0.717) is 5.75 Å². The lowest BCUT2D eigenvalue weighted by Crippen LogP contribution is -2.18. The Labute approximate surface area is 113 Å². The van der Waals surface area contributed by atoms with Crippen molar-refractivity contribution in [2.45, 2.75) is 26.3 Å². The summed E-state index contributed by atoms with van der Waals surface area (Å²) in [7, 11) is 0. The van der Waals surface area contributed by atoms with Gasteiger partial charge in [-0.05, 0) is 43.5 Å². The van der Waals surface area contributed by atoms with Crippen molar-refractivity contribution in [2.75, 3.05) is 0 Å². The third-order valence-electron chi connectivity index (χ3n) is 2.88. The largest absolute Gasteiger partial charge is 0.457 e. The van der Waals surface area contributed by atoms with Crippen molar-refractivity contribution in [1.82, 2.24) is 0 Å². The minimum absolute atomic E-state index is 0.0540. The van der Waals surface area contributed by atoms with Gasteiger partial charge >= 0.3 is 0 Å². The smallest absolute Gasteiger partial charge is 0.133 e. The summed E-state index contributed by atoms with van der Waals surface area (Å²) in [6.07, 6.45) is 0.727. The topological polar surface area (TPSA) is 35.2 Å². The predicted octanol–water partition coefficient (Wildman–Crippen LogP) is 3.82. The van der Waals surface area contributed by atoms with Crippen LogP contribution in [0.25, 0.3) is 0 Å². The molecule has 0 aliphatic carbocycles. The lowest BCUT2D eigenvalue weighted by atomic mass is 10.1. The molecule has 2 nitrogen and oxygen atoms in total. The Balaban J connectivity index is 2.30. The minimum atomic E-state index is -0.301. The van der Waals surface area contributed by atoms with E-state index in [1.54, 1.807) is 6.07 Å². The van der Waals surface area contributed by atoms with Crippen molar-refractivity contribution < 1.29 is 9.13 Å². The Bertz CT molecular complexity index is 566. The Hall–Kier alpha value is -1.87. The number of nitrogens with two attached hydrogens (primary N) is 1. The standard InChI is InChI=1S/C16H18FNO/c1-11-7-8-14(17)10-16(11)19-15-6-4-3-5-13(15)9-12(2)18/h3-8,10,12H,9,18H2,1-2H3. The summed E-state index contributed by atoms with van der Waals surface area (Å²) in [5.74, 6) is 0.968. The lowest BCUT2D eigenvalue weighted by molar-refractivity contribution is 0.465. The maximum Gasteiger partial charge on any atom is 0.133 e. The summed E-state index contributed by atoms with van der Waals surface area (Å²) in [4.78, 5) is 0. The van der Waals surface area contributed by atoms with Crippen molar-refractivity contribution in [3.8, 4) is 11.5 Å². The number of benzene rings is 2. The van der Waals surface area contributed by atoms with Crippen molar-refractivity contribution >= 4 is 0 Å². The zero-order valence-electron chi connectivity index (χ0n) is 11.2. The van der Waals surface area contributed by atoms with Crippen LogP contribution >= 0.6 is 0 Å². The highest BCUT2D eigenvalue weighted by atomic mass is 19.1. The van der Waals surface area contributed by atoms with Crippen LogP contribution in [0.2, 0.25) is 0 Å². The van der Waals surface area contributed by atoms with Crippen molar-refractivity contribution in [1.29, 1.82) is 0 Å². The maximum absolute atomic E-state index is 13.3. The van der Waals surface area contributed by atoms with Crippen molar-refractivity contribution in [2.24, 2.45) is 5.73 Å². The molecule has 2 aromatic rings. The van der Waals surface area contributed by atoms with Gasteiger partial charge in [0, 0.05) is 12.1 Å². The average Bonchev–Trinajstić information content (AvgIpc) is 2.35. The maximum atomic E-state index is 13.3. The molecule has 0 saturated heterocycles.